The van der Waals surface area contributed by atoms with Gasteiger partial charge in [-0.3, -0.25) is 19.8 Å². The fourth-order valence-electron chi connectivity index (χ4n) is 2.53. The molecule has 0 radical (unpaired) electrons. The van der Waals surface area contributed by atoms with Gasteiger partial charge in [0.25, 0.3) is 0 Å². The summed E-state index contributed by atoms with van der Waals surface area (Å²) in [4.78, 5) is 50.0. The molecule has 0 aliphatic carbocycles. The number of hydrogen-bond donors (Lipinski definition) is 1. The van der Waals surface area contributed by atoms with Gasteiger partial charge in [-0.1, -0.05) is 29.8 Å². The van der Waals surface area contributed by atoms with Crippen molar-refractivity contribution in [2.24, 2.45) is 0 Å². The monoisotopic (exact) mass is 472 g/mol. The van der Waals surface area contributed by atoms with Gasteiger partial charge in [-0.05, 0) is 40.7 Å². The molecule has 11 heteroatoms. The molecule has 2 amide bonds. The second kappa shape index (κ2) is 12.1. The summed E-state index contributed by atoms with van der Waals surface area (Å²) in [6.07, 6.45) is -3.20. The Morgan fingerprint density at radius 2 is 1.75 bits per heavy atom. The van der Waals surface area contributed by atoms with E-state index in [9.17, 15) is 19.2 Å². The van der Waals surface area contributed by atoms with E-state index in [4.69, 9.17) is 30.5 Å². The third-order valence-corrected chi connectivity index (χ3v) is 3.60. The van der Waals surface area contributed by atoms with Crippen LogP contribution in [0.25, 0.3) is 0 Å². The summed E-state index contributed by atoms with van der Waals surface area (Å²) in [5, 5.41) is 2.48. The summed E-state index contributed by atoms with van der Waals surface area (Å²) >= 11 is 5.67. The van der Waals surface area contributed by atoms with Gasteiger partial charge in [0.2, 0.25) is 6.23 Å². The van der Waals surface area contributed by atoms with Crippen molar-refractivity contribution in [3.05, 3.63) is 29.8 Å². The number of carbonyl (C=O) groups excluding carboxylic acids is 4. The van der Waals surface area contributed by atoms with Crippen LogP contribution in [0.1, 0.15) is 53.3 Å². The van der Waals surface area contributed by atoms with Gasteiger partial charge in [0.05, 0.1) is 12.3 Å². The van der Waals surface area contributed by atoms with Crippen LogP contribution in [0.2, 0.25) is 0 Å². The molecule has 0 saturated heterocycles. The molecule has 1 N–H and O–H groups in total. The fraction of sp³-hybridized carbons (Fsp3) is 0.524. The van der Waals surface area contributed by atoms with E-state index in [2.05, 4.69) is 5.32 Å². The molecule has 0 fully saturated rings. The summed E-state index contributed by atoms with van der Waals surface area (Å²) in [7, 11) is 0. The van der Waals surface area contributed by atoms with Crippen LogP contribution in [0, 0.1) is 0 Å². The maximum absolute atomic E-state index is 12.7. The molecule has 0 heterocycles. The molecule has 1 rings (SSSR count). The number of halogens is 1. The second-order valence-electron chi connectivity index (χ2n) is 7.54. The topological polar surface area (TPSA) is 120 Å². The number of ether oxygens (including phenoxy) is 4. The number of carbonyl (C=O) groups is 4. The lowest BCUT2D eigenvalue weighted by molar-refractivity contribution is -0.166. The van der Waals surface area contributed by atoms with Crippen molar-refractivity contribution in [2.75, 3.05) is 18.5 Å². The van der Waals surface area contributed by atoms with Gasteiger partial charge in [0, 0.05) is 12.5 Å². The Hall–Kier alpha value is -3.01. The number of nitrogens with one attached hydrogen (secondary N) is 1. The largest absolute Gasteiger partial charge is 0.459 e. The van der Waals surface area contributed by atoms with Crippen molar-refractivity contribution in [1.82, 2.24) is 4.90 Å². The highest BCUT2D eigenvalue weighted by Gasteiger charge is 2.34. The van der Waals surface area contributed by atoms with Crippen molar-refractivity contribution >= 4 is 41.4 Å². The lowest BCUT2D eigenvalue weighted by Gasteiger charge is -2.31. The van der Waals surface area contributed by atoms with Gasteiger partial charge in [-0.2, -0.15) is 0 Å². The Balaban J connectivity index is 3.39. The molecule has 2 atom stereocenters. The molecule has 0 saturated carbocycles. The van der Waals surface area contributed by atoms with Crippen molar-refractivity contribution in [2.45, 2.75) is 58.9 Å². The van der Waals surface area contributed by atoms with E-state index in [-0.39, 0.29) is 17.9 Å². The fourth-order valence-corrected chi connectivity index (χ4v) is 2.61. The zero-order valence-corrected chi connectivity index (χ0v) is 19.7. The highest BCUT2D eigenvalue weighted by molar-refractivity contribution is 6.20. The average Bonchev–Trinajstić information content (AvgIpc) is 2.63. The van der Waals surface area contributed by atoms with Gasteiger partial charge in [0.15, 0.2) is 5.56 Å². The van der Waals surface area contributed by atoms with Crippen LogP contribution >= 0.6 is 11.6 Å². The third-order valence-electron chi connectivity index (χ3n) is 3.52. The maximum atomic E-state index is 12.7. The summed E-state index contributed by atoms with van der Waals surface area (Å²) in [5.74, 6) is -1.48. The van der Waals surface area contributed by atoms with E-state index < -0.39 is 48.1 Å². The van der Waals surface area contributed by atoms with Crippen LogP contribution < -0.4 is 5.32 Å². The van der Waals surface area contributed by atoms with Crippen molar-refractivity contribution in [3.63, 3.8) is 0 Å². The third kappa shape index (κ3) is 9.42. The molecule has 0 aromatic heterocycles. The number of anilines is 1. The Kier molecular flexibility index (Phi) is 10.2. The van der Waals surface area contributed by atoms with Crippen molar-refractivity contribution in [3.8, 4) is 0 Å². The zero-order valence-electron chi connectivity index (χ0n) is 19.0. The molecule has 1 aromatic carbocycles. The number of esters is 2. The lowest BCUT2D eigenvalue weighted by atomic mass is 10.1. The van der Waals surface area contributed by atoms with Crippen molar-refractivity contribution < 1.29 is 38.1 Å². The van der Waals surface area contributed by atoms with Crippen LogP contribution in [0.15, 0.2) is 24.3 Å². The summed E-state index contributed by atoms with van der Waals surface area (Å²) in [6, 6.07) is 6.22. The number of alkyl halides is 1. The van der Waals surface area contributed by atoms with E-state index in [1.165, 1.54) is 19.1 Å². The normalized spacial score (nSPS) is 12.7. The molecule has 32 heavy (non-hydrogen) atoms. The number of benzene rings is 1. The van der Waals surface area contributed by atoms with Crippen LogP contribution in [0.5, 0.6) is 0 Å². The number of rotatable bonds is 8. The van der Waals surface area contributed by atoms with Crippen LogP contribution in [0.3, 0.4) is 0 Å². The van der Waals surface area contributed by atoms with E-state index in [0.29, 0.717) is 0 Å². The predicted octanol–water partition coefficient (Wildman–Crippen LogP) is 4.18. The number of nitrogens with zero attached hydrogens (tertiary/aromatic N) is 1. The molecule has 1 aromatic rings. The van der Waals surface area contributed by atoms with Gasteiger partial charge in [-0.15, -0.1) is 0 Å². The molecule has 0 bridgehead atoms. The molecular formula is C21H29ClN2O8. The minimum Gasteiger partial charge on any atom is -0.459 e. The number of hydrogen-bond acceptors (Lipinski definition) is 8. The van der Waals surface area contributed by atoms with E-state index in [1.54, 1.807) is 39.8 Å². The van der Waals surface area contributed by atoms with Gasteiger partial charge in [-0.25, -0.2) is 9.59 Å². The second-order valence-corrected chi connectivity index (χ2v) is 8.15. The molecule has 0 aliphatic rings. The first-order valence-corrected chi connectivity index (χ1v) is 10.3. The van der Waals surface area contributed by atoms with Gasteiger partial charge >= 0.3 is 24.1 Å². The standard InChI is InChI=1S/C21H29ClN2O8/c1-7-29-20(28)24(12-17(26)32-21(4,5)6)18(31-14(3)25)15-10-8-9-11-16(15)23-19(27)30-13(2)22/h8-11,13,18H,7,12H2,1-6H3,(H,23,27). The quantitative estimate of drug-likeness (QED) is 0.259. The molecule has 0 aliphatic heterocycles. The summed E-state index contributed by atoms with van der Waals surface area (Å²) in [5.41, 5.74) is -1.34. The van der Waals surface area contributed by atoms with Crippen LogP contribution in [0.4, 0.5) is 15.3 Å². The van der Waals surface area contributed by atoms with Gasteiger partial charge < -0.3 is 18.9 Å². The van der Waals surface area contributed by atoms with E-state index in [1.807, 2.05) is 0 Å². The zero-order chi connectivity index (χ0) is 24.5. The summed E-state index contributed by atoms with van der Waals surface area (Å²) in [6.45, 7) is 8.63. The molecule has 0 spiro atoms. The molecular weight excluding hydrogens is 444 g/mol. The molecule has 2 unspecified atom stereocenters. The van der Waals surface area contributed by atoms with Crippen molar-refractivity contribution in [1.29, 1.82) is 0 Å². The highest BCUT2D eigenvalue weighted by Crippen LogP contribution is 2.30. The number of para-hydroxylation sites is 1. The Bertz CT molecular complexity index is 822. The first kappa shape index (κ1) is 27.0. The molecule has 178 valence electrons. The van der Waals surface area contributed by atoms with Gasteiger partial charge in [0.1, 0.15) is 12.1 Å². The minimum atomic E-state index is -1.41. The molecule has 10 nitrogen and oxygen atoms in total. The van der Waals surface area contributed by atoms with E-state index in [0.717, 1.165) is 11.8 Å². The lowest BCUT2D eigenvalue weighted by Crippen LogP contribution is -2.43. The maximum Gasteiger partial charge on any atom is 0.413 e. The average molecular weight is 473 g/mol. The SMILES string of the molecule is CCOC(=O)N(CC(=O)OC(C)(C)C)C(OC(C)=O)c1ccccc1NC(=O)OC(C)Cl. The number of amides is 2. The van der Waals surface area contributed by atoms with Crippen LogP contribution in [-0.4, -0.2) is 53.3 Å². The highest BCUT2D eigenvalue weighted by atomic mass is 35.5. The van der Waals surface area contributed by atoms with E-state index >= 15 is 0 Å². The Labute approximate surface area is 192 Å². The van der Waals surface area contributed by atoms with Crippen LogP contribution in [-0.2, 0) is 28.5 Å². The Morgan fingerprint density at radius 1 is 1.12 bits per heavy atom. The Morgan fingerprint density at radius 3 is 2.28 bits per heavy atom. The smallest absolute Gasteiger partial charge is 0.413 e. The minimum absolute atomic E-state index is 0.0102. The predicted molar refractivity (Wildman–Crippen MR) is 116 cm³/mol. The first-order chi connectivity index (χ1) is 14.8. The summed E-state index contributed by atoms with van der Waals surface area (Å²) < 4.78 is 20.6. The first-order valence-electron chi connectivity index (χ1n) is 9.87.